The largest absolute Gasteiger partial charge is 0.469 e. The van der Waals surface area contributed by atoms with Gasteiger partial charge >= 0.3 is 5.97 Å². The van der Waals surface area contributed by atoms with Crippen LogP contribution in [0.2, 0.25) is 0 Å². The molecule has 1 fully saturated rings. The Morgan fingerprint density at radius 2 is 2.15 bits per heavy atom. The van der Waals surface area contributed by atoms with Gasteiger partial charge in [-0.1, -0.05) is 0 Å². The van der Waals surface area contributed by atoms with Gasteiger partial charge in [0.05, 0.1) is 13.2 Å². The van der Waals surface area contributed by atoms with Crippen molar-refractivity contribution < 1.29 is 19.0 Å². The molecule has 0 amide bonds. The van der Waals surface area contributed by atoms with Crippen molar-refractivity contribution >= 4 is 5.97 Å². The Hall–Kier alpha value is -2.26. The van der Waals surface area contributed by atoms with Gasteiger partial charge in [-0.05, 0) is 54.4 Å². The van der Waals surface area contributed by atoms with E-state index in [2.05, 4.69) is 23.1 Å². The van der Waals surface area contributed by atoms with E-state index >= 15 is 0 Å². The number of nitrogens with zero attached hydrogens (tertiary/aromatic N) is 2. The Kier molecular flexibility index (Phi) is 4.73. The Balaban J connectivity index is 1.55. The van der Waals surface area contributed by atoms with Crippen LogP contribution >= 0.6 is 0 Å². The Labute approximate surface area is 153 Å². The summed E-state index contributed by atoms with van der Waals surface area (Å²) in [5.74, 6) is 2.18. The number of nitriles is 1. The molecule has 1 aromatic carbocycles. The van der Waals surface area contributed by atoms with Gasteiger partial charge in [0.15, 0.2) is 11.5 Å². The summed E-state index contributed by atoms with van der Waals surface area (Å²) in [4.78, 5) is 14.1. The average Bonchev–Trinajstić information content (AvgIpc) is 3.12. The number of carbonyl (C=O) groups excluding carboxylic acids is 1. The molecule has 26 heavy (non-hydrogen) atoms. The zero-order valence-electron chi connectivity index (χ0n) is 15.1. The molecule has 6 nitrogen and oxygen atoms in total. The first-order valence-electron chi connectivity index (χ1n) is 9.29. The van der Waals surface area contributed by atoms with Gasteiger partial charge in [-0.2, -0.15) is 5.26 Å². The molecule has 0 aromatic heterocycles. The first-order chi connectivity index (χ1) is 12.7. The van der Waals surface area contributed by atoms with Crippen LogP contribution in [0.3, 0.4) is 0 Å². The van der Waals surface area contributed by atoms with Gasteiger partial charge in [-0.3, -0.25) is 9.69 Å². The van der Waals surface area contributed by atoms with E-state index in [-0.39, 0.29) is 5.97 Å². The molecule has 0 spiro atoms. The topological polar surface area (TPSA) is 71.8 Å². The molecule has 0 bridgehead atoms. The minimum atomic E-state index is -0.167. The molecule has 0 N–H and O–H groups in total. The maximum atomic E-state index is 11.5. The summed E-state index contributed by atoms with van der Waals surface area (Å²) >= 11 is 0. The lowest BCUT2D eigenvalue weighted by atomic mass is 9.74. The third kappa shape index (κ3) is 3.12. The number of benzene rings is 1. The standard InChI is InChI=1S/C20H24N2O4/c1-24-20(23)3-2-15-11-22-7-5-14-9-18-19(26-12-25-18)10-16(14)17(22)8-13(15)4-6-21/h9-10,13,15,17H,2-5,7-8,11-12H2,1H3/t13-,15+,17-/m0/s1. The van der Waals surface area contributed by atoms with Crippen molar-refractivity contribution in [2.24, 2.45) is 11.8 Å². The van der Waals surface area contributed by atoms with Gasteiger partial charge in [0, 0.05) is 32.0 Å². The van der Waals surface area contributed by atoms with Crippen molar-refractivity contribution in [3.63, 3.8) is 0 Å². The fraction of sp³-hybridized carbons (Fsp3) is 0.600. The van der Waals surface area contributed by atoms with E-state index < -0.39 is 0 Å². The second kappa shape index (κ2) is 7.16. The predicted molar refractivity (Wildman–Crippen MR) is 93.7 cm³/mol. The highest BCUT2D eigenvalue weighted by molar-refractivity contribution is 5.69. The average molecular weight is 356 g/mol. The van der Waals surface area contributed by atoms with Gasteiger partial charge < -0.3 is 14.2 Å². The Morgan fingerprint density at radius 1 is 1.35 bits per heavy atom. The molecule has 3 aliphatic heterocycles. The number of hydrogen-bond donors (Lipinski definition) is 0. The summed E-state index contributed by atoms with van der Waals surface area (Å²) in [7, 11) is 1.43. The van der Waals surface area contributed by atoms with Crippen LogP contribution in [0.5, 0.6) is 11.5 Å². The highest BCUT2D eigenvalue weighted by Gasteiger charge is 2.39. The molecule has 0 saturated carbocycles. The van der Waals surface area contributed by atoms with E-state index in [0.29, 0.717) is 37.5 Å². The van der Waals surface area contributed by atoms with Gasteiger partial charge in [-0.15, -0.1) is 0 Å². The van der Waals surface area contributed by atoms with Crippen LogP contribution in [0.15, 0.2) is 12.1 Å². The molecule has 0 aliphatic carbocycles. The van der Waals surface area contributed by atoms with Crippen LogP contribution in [-0.4, -0.2) is 37.9 Å². The van der Waals surface area contributed by atoms with Crippen molar-refractivity contribution in [2.75, 3.05) is 27.0 Å². The number of fused-ring (bicyclic) bond motifs is 4. The van der Waals surface area contributed by atoms with Gasteiger partial charge in [-0.25, -0.2) is 0 Å². The number of methoxy groups -OCH3 is 1. The van der Waals surface area contributed by atoms with E-state index in [0.717, 1.165) is 43.9 Å². The molecule has 3 aliphatic rings. The second-order valence-electron chi connectivity index (χ2n) is 7.40. The molecule has 0 unspecified atom stereocenters. The van der Waals surface area contributed by atoms with Crippen molar-refractivity contribution in [3.8, 4) is 17.6 Å². The zero-order valence-corrected chi connectivity index (χ0v) is 15.1. The van der Waals surface area contributed by atoms with Crippen molar-refractivity contribution in [3.05, 3.63) is 23.3 Å². The molecule has 138 valence electrons. The predicted octanol–water partition coefficient (Wildman–Crippen LogP) is 2.82. The number of ether oxygens (including phenoxy) is 3. The van der Waals surface area contributed by atoms with Crippen molar-refractivity contribution in [2.45, 2.75) is 38.1 Å². The zero-order chi connectivity index (χ0) is 18.1. The number of rotatable bonds is 4. The molecule has 1 aromatic rings. The fourth-order valence-electron chi connectivity index (χ4n) is 4.67. The highest BCUT2D eigenvalue weighted by Crippen LogP contribution is 2.46. The monoisotopic (exact) mass is 356 g/mol. The maximum absolute atomic E-state index is 11.5. The van der Waals surface area contributed by atoms with Crippen LogP contribution in [-0.2, 0) is 16.0 Å². The smallest absolute Gasteiger partial charge is 0.305 e. The quantitative estimate of drug-likeness (QED) is 0.773. The lowest BCUT2D eigenvalue weighted by Gasteiger charge is -2.47. The Morgan fingerprint density at radius 3 is 2.92 bits per heavy atom. The van der Waals surface area contributed by atoms with Crippen molar-refractivity contribution in [1.82, 2.24) is 4.90 Å². The van der Waals surface area contributed by atoms with Crippen molar-refractivity contribution in [1.29, 1.82) is 5.26 Å². The highest BCUT2D eigenvalue weighted by atomic mass is 16.7. The van der Waals surface area contributed by atoms with E-state index in [4.69, 9.17) is 14.2 Å². The Bertz CT molecular complexity index is 742. The minimum Gasteiger partial charge on any atom is -0.469 e. The van der Waals surface area contributed by atoms with E-state index in [1.54, 1.807) is 0 Å². The first-order valence-corrected chi connectivity index (χ1v) is 9.29. The maximum Gasteiger partial charge on any atom is 0.305 e. The molecular weight excluding hydrogens is 332 g/mol. The molecule has 1 saturated heterocycles. The molecular formula is C20H24N2O4. The van der Waals surface area contributed by atoms with Crippen LogP contribution in [0.4, 0.5) is 0 Å². The normalized spacial score (nSPS) is 26.5. The number of hydrogen-bond acceptors (Lipinski definition) is 6. The van der Waals surface area contributed by atoms with Crippen LogP contribution in [0, 0.1) is 23.2 Å². The SMILES string of the molecule is COC(=O)CC[C@@H]1CN2CCc3cc4c(cc3[C@@H]2C[C@@H]1CC#N)OCO4. The van der Waals surface area contributed by atoms with Gasteiger partial charge in [0.2, 0.25) is 6.79 Å². The van der Waals surface area contributed by atoms with E-state index in [1.807, 2.05) is 0 Å². The minimum absolute atomic E-state index is 0.167. The number of esters is 1. The fourth-order valence-corrected chi connectivity index (χ4v) is 4.67. The van der Waals surface area contributed by atoms with E-state index in [9.17, 15) is 10.1 Å². The first kappa shape index (κ1) is 17.2. The summed E-state index contributed by atoms with van der Waals surface area (Å²) < 4.78 is 15.9. The molecule has 3 heterocycles. The molecule has 4 rings (SSSR count). The lowest BCUT2D eigenvalue weighted by Crippen LogP contribution is -2.46. The summed E-state index contributed by atoms with van der Waals surface area (Å²) in [6.07, 6.45) is 3.70. The van der Waals surface area contributed by atoms with E-state index in [1.165, 1.54) is 18.2 Å². The summed E-state index contributed by atoms with van der Waals surface area (Å²) in [5, 5.41) is 9.29. The third-order valence-electron chi connectivity index (χ3n) is 6.06. The third-order valence-corrected chi connectivity index (χ3v) is 6.06. The van der Waals surface area contributed by atoms with Crippen LogP contribution in [0.25, 0.3) is 0 Å². The van der Waals surface area contributed by atoms with Crippen LogP contribution in [0.1, 0.15) is 42.9 Å². The summed E-state index contributed by atoms with van der Waals surface area (Å²) in [6.45, 7) is 2.23. The number of piperidine rings is 1. The second-order valence-corrected chi connectivity index (χ2v) is 7.40. The summed E-state index contributed by atoms with van der Waals surface area (Å²) in [6, 6.07) is 6.93. The molecule has 6 heteroatoms. The number of carbonyl (C=O) groups is 1. The summed E-state index contributed by atoms with van der Waals surface area (Å²) in [5.41, 5.74) is 2.65. The molecule has 0 radical (unpaired) electrons. The lowest BCUT2D eigenvalue weighted by molar-refractivity contribution is -0.141. The molecule has 3 atom stereocenters. The van der Waals surface area contributed by atoms with Gasteiger partial charge in [0.25, 0.3) is 0 Å². The van der Waals surface area contributed by atoms with Gasteiger partial charge in [0.1, 0.15) is 0 Å². The van der Waals surface area contributed by atoms with Crippen LogP contribution < -0.4 is 9.47 Å².